The van der Waals surface area contributed by atoms with E-state index in [1.165, 1.54) is 0 Å². The summed E-state index contributed by atoms with van der Waals surface area (Å²) in [6.45, 7) is 5.95. The average molecular weight is 282 g/mol. The number of aldehydes is 1. The van der Waals surface area contributed by atoms with Crippen molar-refractivity contribution in [1.82, 2.24) is 0 Å². The first-order chi connectivity index (χ1) is 10.0. The number of rotatable bonds is 3. The third kappa shape index (κ3) is 2.51. The van der Waals surface area contributed by atoms with Crippen LogP contribution in [0, 0.1) is 6.92 Å². The molecule has 1 aliphatic rings. The van der Waals surface area contributed by atoms with Crippen LogP contribution in [0.2, 0.25) is 0 Å². The van der Waals surface area contributed by atoms with E-state index in [4.69, 9.17) is 9.47 Å². The maximum Gasteiger partial charge on any atom is 0.248 e. The summed E-state index contributed by atoms with van der Waals surface area (Å²) >= 11 is 0. The molecule has 2 aromatic rings. The molecule has 0 N–H and O–H groups in total. The van der Waals surface area contributed by atoms with Gasteiger partial charge in [0.1, 0.15) is 6.29 Å². The SMILES string of the molecule is CCC1(C)Oc2ccc(-c3cc(C)cc(C=O)c3)cc2O1. The molecule has 3 rings (SSSR count). The van der Waals surface area contributed by atoms with Gasteiger partial charge in [-0.15, -0.1) is 0 Å². The van der Waals surface area contributed by atoms with Gasteiger partial charge < -0.3 is 9.47 Å². The van der Waals surface area contributed by atoms with Gasteiger partial charge in [0, 0.05) is 18.9 Å². The first kappa shape index (κ1) is 13.7. The Labute approximate surface area is 124 Å². The topological polar surface area (TPSA) is 35.5 Å². The Kier molecular flexibility index (Phi) is 3.20. The second kappa shape index (κ2) is 4.92. The van der Waals surface area contributed by atoms with Gasteiger partial charge in [0.25, 0.3) is 0 Å². The normalized spacial score (nSPS) is 19.6. The Hall–Kier alpha value is -2.29. The summed E-state index contributed by atoms with van der Waals surface area (Å²) in [5.41, 5.74) is 3.77. The molecule has 21 heavy (non-hydrogen) atoms. The highest BCUT2D eigenvalue weighted by Gasteiger charge is 2.34. The molecule has 108 valence electrons. The Morgan fingerprint density at radius 2 is 1.81 bits per heavy atom. The minimum atomic E-state index is -0.582. The molecule has 0 aromatic heterocycles. The largest absolute Gasteiger partial charge is 0.449 e. The van der Waals surface area contributed by atoms with Crippen LogP contribution in [0.1, 0.15) is 36.2 Å². The molecule has 1 unspecified atom stereocenters. The van der Waals surface area contributed by atoms with Crippen molar-refractivity contribution < 1.29 is 14.3 Å². The second-order valence-corrected chi connectivity index (χ2v) is 5.60. The Balaban J connectivity index is 2.01. The van der Waals surface area contributed by atoms with Crippen molar-refractivity contribution in [2.24, 2.45) is 0 Å². The van der Waals surface area contributed by atoms with Gasteiger partial charge in [-0.2, -0.15) is 0 Å². The minimum Gasteiger partial charge on any atom is -0.449 e. The first-order valence-corrected chi connectivity index (χ1v) is 7.12. The van der Waals surface area contributed by atoms with Gasteiger partial charge in [0.15, 0.2) is 11.5 Å². The molecule has 0 fully saturated rings. The highest BCUT2D eigenvalue weighted by atomic mass is 16.7. The molecule has 3 heteroatoms. The van der Waals surface area contributed by atoms with Crippen LogP contribution in [0.25, 0.3) is 11.1 Å². The van der Waals surface area contributed by atoms with Crippen LogP contribution in [0.15, 0.2) is 36.4 Å². The fourth-order valence-corrected chi connectivity index (χ4v) is 2.53. The number of fused-ring (bicyclic) bond motifs is 1. The summed E-state index contributed by atoms with van der Waals surface area (Å²) in [5.74, 6) is 0.944. The second-order valence-electron chi connectivity index (χ2n) is 5.60. The molecular weight excluding hydrogens is 264 g/mol. The van der Waals surface area contributed by atoms with Crippen molar-refractivity contribution in [1.29, 1.82) is 0 Å². The van der Waals surface area contributed by atoms with Crippen molar-refractivity contribution in [2.75, 3.05) is 0 Å². The lowest BCUT2D eigenvalue weighted by atomic mass is 10.0. The summed E-state index contributed by atoms with van der Waals surface area (Å²) < 4.78 is 11.7. The van der Waals surface area contributed by atoms with Crippen LogP contribution in [0.3, 0.4) is 0 Å². The Morgan fingerprint density at radius 3 is 2.52 bits per heavy atom. The monoisotopic (exact) mass is 282 g/mol. The number of benzene rings is 2. The smallest absolute Gasteiger partial charge is 0.248 e. The summed E-state index contributed by atoms with van der Waals surface area (Å²) in [6.07, 6.45) is 1.65. The van der Waals surface area contributed by atoms with E-state index in [-0.39, 0.29) is 0 Å². The van der Waals surface area contributed by atoms with E-state index in [0.29, 0.717) is 5.56 Å². The summed E-state index contributed by atoms with van der Waals surface area (Å²) in [5, 5.41) is 0. The van der Waals surface area contributed by atoms with E-state index < -0.39 is 5.79 Å². The molecule has 0 amide bonds. The molecule has 3 nitrogen and oxygen atoms in total. The highest BCUT2D eigenvalue weighted by molar-refractivity contribution is 5.80. The molecule has 1 atom stereocenters. The molecule has 0 saturated heterocycles. The van der Waals surface area contributed by atoms with Crippen molar-refractivity contribution in [3.63, 3.8) is 0 Å². The lowest BCUT2D eigenvalue weighted by Crippen LogP contribution is -2.33. The summed E-state index contributed by atoms with van der Waals surface area (Å²) in [7, 11) is 0. The molecule has 0 radical (unpaired) electrons. The Morgan fingerprint density at radius 1 is 1.05 bits per heavy atom. The first-order valence-electron chi connectivity index (χ1n) is 7.12. The van der Waals surface area contributed by atoms with E-state index in [2.05, 4.69) is 6.07 Å². The highest BCUT2D eigenvalue weighted by Crippen LogP contribution is 2.42. The third-order valence-corrected chi connectivity index (χ3v) is 3.81. The molecule has 0 spiro atoms. The van der Waals surface area contributed by atoms with E-state index in [9.17, 15) is 4.79 Å². The van der Waals surface area contributed by atoms with Crippen LogP contribution < -0.4 is 9.47 Å². The van der Waals surface area contributed by atoms with Gasteiger partial charge in [-0.25, -0.2) is 0 Å². The van der Waals surface area contributed by atoms with E-state index in [1.807, 2.05) is 51.1 Å². The van der Waals surface area contributed by atoms with E-state index in [1.54, 1.807) is 0 Å². The van der Waals surface area contributed by atoms with Crippen molar-refractivity contribution in [3.8, 4) is 22.6 Å². The molecule has 1 heterocycles. The van der Waals surface area contributed by atoms with Crippen LogP contribution >= 0.6 is 0 Å². The summed E-state index contributed by atoms with van der Waals surface area (Å²) in [6, 6.07) is 11.7. The molecule has 0 aliphatic carbocycles. The molecular formula is C18H18O3. The number of hydrogen-bond donors (Lipinski definition) is 0. The standard InChI is InChI=1S/C18H18O3/c1-4-18(3)20-16-6-5-14(10-17(16)21-18)15-8-12(2)7-13(9-15)11-19/h5-11H,4H2,1-3H3. The number of carbonyl (C=O) groups excluding carboxylic acids is 1. The van der Waals surface area contributed by atoms with Crippen LogP contribution in [-0.2, 0) is 0 Å². The van der Waals surface area contributed by atoms with E-state index in [0.717, 1.165) is 40.9 Å². The quantitative estimate of drug-likeness (QED) is 0.784. The zero-order chi connectivity index (χ0) is 15.0. The lowest BCUT2D eigenvalue weighted by Gasteiger charge is -2.20. The van der Waals surface area contributed by atoms with Gasteiger partial charge >= 0.3 is 0 Å². The van der Waals surface area contributed by atoms with Crippen molar-refractivity contribution in [2.45, 2.75) is 33.0 Å². The fraction of sp³-hybridized carbons (Fsp3) is 0.278. The van der Waals surface area contributed by atoms with Gasteiger partial charge in [0.2, 0.25) is 5.79 Å². The van der Waals surface area contributed by atoms with Gasteiger partial charge in [-0.05, 0) is 47.9 Å². The molecule has 1 aliphatic heterocycles. The molecule has 2 aromatic carbocycles. The van der Waals surface area contributed by atoms with Crippen LogP contribution in [-0.4, -0.2) is 12.1 Å². The predicted molar refractivity (Wildman–Crippen MR) is 82.0 cm³/mol. The number of hydrogen-bond acceptors (Lipinski definition) is 3. The molecule has 0 bridgehead atoms. The van der Waals surface area contributed by atoms with Crippen molar-refractivity contribution >= 4 is 6.29 Å². The third-order valence-electron chi connectivity index (χ3n) is 3.81. The minimum absolute atomic E-state index is 0.582. The predicted octanol–water partition coefficient (Wildman–Crippen LogP) is 4.37. The maximum atomic E-state index is 11.0. The zero-order valence-corrected chi connectivity index (χ0v) is 12.5. The summed E-state index contributed by atoms with van der Waals surface area (Å²) in [4.78, 5) is 11.0. The van der Waals surface area contributed by atoms with Crippen LogP contribution in [0.4, 0.5) is 0 Å². The average Bonchev–Trinajstić information content (AvgIpc) is 2.82. The fourth-order valence-electron chi connectivity index (χ4n) is 2.53. The lowest BCUT2D eigenvalue weighted by molar-refractivity contribution is -0.0640. The molecule has 0 saturated carbocycles. The van der Waals surface area contributed by atoms with Gasteiger partial charge in [-0.1, -0.05) is 19.1 Å². The number of ether oxygens (including phenoxy) is 2. The Bertz CT molecular complexity index is 706. The van der Waals surface area contributed by atoms with Crippen molar-refractivity contribution in [3.05, 3.63) is 47.5 Å². The number of aryl methyl sites for hydroxylation is 1. The van der Waals surface area contributed by atoms with Crippen LogP contribution in [0.5, 0.6) is 11.5 Å². The zero-order valence-electron chi connectivity index (χ0n) is 12.5. The maximum absolute atomic E-state index is 11.0. The number of carbonyl (C=O) groups is 1. The van der Waals surface area contributed by atoms with E-state index >= 15 is 0 Å². The van der Waals surface area contributed by atoms with Gasteiger partial charge in [0.05, 0.1) is 0 Å². The van der Waals surface area contributed by atoms with Gasteiger partial charge in [-0.3, -0.25) is 4.79 Å².